The number of rotatable bonds is 4. The zero-order valence-corrected chi connectivity index (χ0v) is 17.3. The van der Waals surface area contributed by atoms with Crippen LogP contribution in [0.2, 0.25) is 0 Å². The smallest absolute Gasteiger partial charge is 0.235 e. The molecule has 2 N–H and O–H groups in total. The van der Waals surface area contributed by atoms with Crippen molar-refractivity contribution < 1.29 is 9.59 Å². The monoisotopic (exact) mass is 395 g/mol. The lowest BCUT2D eigenvalue weighted by atomic mass is 9.69. The second-order valence-corrected chi connectivity index (χ2v) is 9.31. The highest BCUT2D eigenvalue weighted by Gasteiger charge is 2.43. The van der Waals surface area contributed by atoms with Gasteiger partial charge in [-0.15, -0.1) is 0 Å². The zero-order valence-electron chi connectivity index (χ0n) is 16.4. The van der Waals surface area contributed by atoms with E-state index >= 15 is 0 Å². The van der Waals surface area contributed by atoms with Crippen LogP contribution in [-0.4, -0.2) is 16.7 Å². The SMILES string of the molecule is CC[C@@H]1C2=C(CC(C)(C)CC2=O)N=C(S[C@@H](C(N)=O)c2ccccc2)C1C#N. The second-order valence-electron chi connectivity index (χ2n) is 8.18. The topological polar surface area (TPSA) is 96.3 Å². The molecule has 6 heteroatoms. The molecule has 1 amide bonds. The minimum Gasteiger partial charge on any atom is -0.368 e. The molecule has 5 nitrogen and oxygen atoms in total. The van der Waals surface area contributed by atoms with E-state index in [1.54, 1.807) is 0 Å². The summed E-state index contributed by atoms with van der Waals surface area (Å²) < 4.78 is 0. The quantitative estimate of drug-likeness (QED) is 0.827. The third kappa shape index (κ3) is 3.90. The van der Waals surface area contributed by atoms with Gasteiger partial charge >= 0.3 is 0 Å². The van der Waals surface area contributed by atoms with Gasteiger partial charge in [0.25, 0.3) is 0 Å². The van der Waals surface area contributed by atoms with Gasteiger partial charge in [0.05, 0.1) is 11.1 Å². The van der Waals surface area contributed by atoms with Gasteiger partial charge in [-0.25, -0.2) is 4.99 Å². The molecular formula is C22H25N3O2S. The Balaban J connectivity index is 2.04. The van der Waals surface area contributed by atoms with Gasteiger partial charge in [-0.1, -0.05) is 62.9 Å². The first-order valence-corrected chi connectivity index (χ1v) is 10.4. The zero-order chi connectivity index (χ0) is 20.5. The van der Waals surface area contributed by atoms with E-state index in [4.69, 9.17) is 10.7 Å². The Bertz CT molecular complexity index is 896. The number of nitrogens with zero attached hydrogens (tertiary/aromatic N) is 2. The summed E-state index contributed by atoms with van der Waals surface area (Å²) in [6.07, 6.45) is 1.85. The first-order chi connectivity index (χ1) is 13.3. The first-order valence-electron chi connectivity index (χ1n) is 9.52. The lowest BCUT2D eigenvalue weighted by Gasteiger charge is -2.38. The predicted octanol–water partition coefficient (Wildman–Crippen LogP) is 4.17. The van der Waals surface area contributed by atoms with Crippen molar-refractivity contribution in [3.05, 3.63) is 47.2 Å². The van der Waals surface area contributed by atoms with Gasteiger partial charge < -0.3 is 5.73 Å². The van der Waals surface area contributed by atoms with Crippen molar-refractivity contribution in [3.8, 4) is 6.07 Å². The van der Waals surface area contributed by atoms with Crippen molar-refractivity contribution in [1.29, 1.82) is 5.26 Å². The van der Waals surface area contributed by atoms with Crippen LogP contribution in [0.5, 0.6) is 0 Å². The maximum absolute atomic E-state index is 12.8. The molecule has 1 heterocycles. The predicted molar refractivity (Wildman–Crippen MR) is 111 cm³/mol. The van der Waals surface area contributed by atoms with Crippen LogP contribution >= 0.6 is 11.8 Å². The van der Waals surface area contributed by atoms with Crippen molar-refractivity contribution in [2.24, 2.45) is 28.0 Å². The number of hydrogen-bond acceptors (Lipinski definition) is 5. The van der Waals surface area contributed by atoms with Crippen molar-refractivity contribution in [2.45, 2.75) is 45.3 Å². The molecule has 0 fully saturated rings. The van der Waals surface area contributed by atoms with Crippen LogP contribution in [0.1, 0.15) is 50.8 Å². The molecule has 2 aliphatic rings. The van der Waals surface area contributed by atoms with Crippen molar-refractivity contribution in [2.75, 3.05) is 0 Å². The second kappa shape index (κ2) is 7.92. The first kappa shape index (κ1) is 20.3. The maximum atomic E-state index is 12.8. The molecule has 0 saturated carbocycles. The molecule has 0 bridgehead atoms. The number of benzene rings is 1. The number of allylic oxidation sites excluding steroid dienone is 2. The number of aliphatic imine (C=N–C) groups is 1. The summed E-state index contributed by atoms with van der Waals surface area (Å²) in [5, 5.41) is 9.84. The van der Waals surface area contributed by atoms with Crippen LogP contribution in [0.3, 0.4) is 0 Å². The normalized spacial score (nSPS) is 24.8. The van der Waals surface area contributed by atoms with E-state index in [-0.39, 0.29) is 17.1 Å². The van der Waals surface area contributed by atoms with Gasteiger partial charge in [-0.05, 0) is 23.8 Å². The number of ketones is 1. The van der Waals surface area contributed by atoms with Gasteiger partial charge in [0, 0.05) is 23.6 Å². The molecule has 0 radical (unpaired) electrons. The van der Waals surface area contributed by atoms with E-state index in [2.05, 4.69) is 19.9 Å². The standard InChI is InChI=1S/C22H25N3O2S/c1-4-14-15(12-23)21(25-16-10-22(2,3)11-17(26)18(14)16)28-19(20(24)27)13-8-6-5-7-9-13/h5-9,14-15,19H,4,10-11H2,1-3H3,(H2,24,27)/t14-,15?,19+/m0/s1. The van der Waals surface area contributed by atoms with Crippen LogP contribution in [-0.2, 0) is 9.59 Å². The van der Waals surface area contributed by atoms with Gasteiger partial charge in [0.2, 0.25) is 5.91 Å². The van der Waals surface area contributed by atoms with E-state index in [0.29, 0.717) is 29.9 Å². The number of hydrogen-bond donors (Lipinski definition) is 1. The molecule has 1 aromatic carbocycles. The Hall–Kier alpha value is -2.39. The number of nitriles is 1. The van der Waals surface area contributed by atoms with Crippen LogP contribution in [0.25, 0.3) is 0 Å². The number of thioether (sulfide) groups is 1. The van der Waals surface area contributed by atoms with Gasteiger partial charge in [-0.3, -0.25) is 9.59 Å². The fourth-order valence-corrected chi connectivity index (χ4v) is 5.26. The highest BCUT2D eigenvalue weighted by Crippen LogP contribution is 2.47. The summed E-state index contributed by atoms with van der Waals surface area (Å²) in [6, 6.07) is 11.6. The molecule has 146 valence electrons. The number of primary amides is 1. The number of Topliss-reactive ketones (excluding diaryl/α,β-unsaturated/α-hetero) is 1. The summed E-state index contributed by atoms with van der Waals surface area (Å²) in [7, 11) is 0. The Morgan fingerprint density at radius 1 is 1.36 bits per heavy atom. The molecule has 1 aliphatic heterocycles. The lowest BCUT2D eigenvalue weighted by Crippen LogP contribution is -2.36. The summed E-state index contributed by atoms with van der Waals surface area (Å²) >= 11 is 1.24. The third-order valence-electron chi connectivity index (χ3n) is 5.36. The Morgan fingerprint density at radius 2 is 2.04 bits per heavy atom. The molecule has 0 aromatic heterocycles. The summed E-state index contributed by atoms with van der Waals surface area (Å²) in [5.74, 6) is -1.10. The summed E-state index contributed by atoms with van der Waals surface area (Å²) in [5.41, 5.74) is 7.79. The number of amides is 1. The van der Waals surface area contributed by atoms with E-state index < -0.39 is 17.1 Å². The molecular weight excluding hydrogens is 370 g/mol. The minimum atomic E-state index is -0.622. The molecule has 0 spiro atoms. The Kier molecular flexibility index (Phi) is 5.76. The molecule has 28 heavy (non-hydrogen) atoms. The summed E-state index contributed by atoms with van der Waals surface area (Å²) in [6.45, 7) is 6.11. The van der Waals surface area contributed by atoms with Gasteiger partial charge in [0.1, 0.15) is 11.2 Å². The lowest BCUT2D eigenvalue weighted by molar-refractivity contribution is -0.119. The van der Waals surface area contributed by atoms with E-state index in [0.717, 1.165) is 11.3 Å². The number of nitrogens with two attached hydrogens (primary N) is 1. The number of carbonyl (C=O) groups excluding carboxylic acids is 2. The van der Waals surface area contributed by atoms with Crippen LogP contribution < -0.4 is 5.73 Å². The van der Waals surface area contributed by atoms with E-state index in [9.17, 15) is 14.9 Å². The molecule has 1 aromatic rings. The van der Waals surface area contributed by atoms with Crippen LogP contribution in [0, 0.1) is 28.6 Å². The molecule has 0 saturated heterocycles. The van der Waals surface area contributed by atoms with E-state index in [1.165, 1.54) is 11.8 Å². The molecule has 1 unspecified atom stereocenters. The largest absolute Gasteiger partial charge is 0.368 e. The van der Waals surface area contributed by atoms with Crippen LogP contribution in [0.4, 0.5) is 0 Å². The molecule has 3 atom stereocenters. The fourth-order valence-electron chi connectivity index (χ4n) is 4.09. The van der Waals surface area contributed by atoms with Crippen LogP contribution in [0.15, 0.2) is 46.6 Å². The maximum Gasteiger partial charge on any atom is 0.235 e. The Labute approximate surface area is 170 Å². The summed E-state index contributed by atoms with van der Waals surface area (Å²) in [4.78, 5) is 29.7. The fraction of sp³-hybridized carbons (Fsp3) is 0.455. The average Bonchev–Trinajstić information content (AvgIpc) is 2.64. The molecule has 1 aliphatic carbocycles. The van der Waals surface area contributed by atoms with E-state index in [1.807, 2.05) is 37.3 Å². The Morgan fingerprint density at radius 3 is 2.61 bits per heavy atom. The highest BCUT2D eigenvalue weighted by molar-refractivity contribution is 8.14. The average molecular weight is 396 g/mol. The third-order valence-corrected chi connectivity index (χ3v) is 6.69. The van der Waals surface area contributed by atoms with Gasteiger partial charge in [-0.2, -0.15) is 5.26 Å². The minimum absolute atomic E-state index is 0.0978. The van der Waals surface area contributed by atoms with Crippen molar-refractivity contribution >= 4 is 28.5 Å². The van der Waals surface area contributed by atoms with Crippen molar-refractivity contribution in [1.82, 2.24) is 0 Å². The van der Waals surface area contributed by atoms with Gasteiger partial charge in [0.15, 0.2) is 5.78 Å². The van der Waals surface area contributed by atoms with Crippen molar-refractivity contribution in [3.63, 3.8) is 0 Å². The molecule has 3 rings (SSSR count). The highest BCUT2D eigenvalue weighted by atomic mass is 32.2. The number of carbonyl (C=O) groups is 2.